The first-order chi connectivity index (χ1) is 19.0. The first-order valence-corrected chi connectivity index (χ1v) is 13.2. The zero-order valence-corrected chi connectivity index (χ0v) is 21.9. The van der Waals surface area contributed by atoms with Gasteiger partial charge in [-0.15, -0.1) is 0 Å². The van der Waals surface area contributed by atoms with Gasteiger partial charge in [0, 0.05) is 42.7 Å². The van der Waals surface area contributed by atoms with Crippen molar-refractivity contribution in [3.05, 3.63) is 72.0 Å². The zero-order valence-electron chi connectivity index (χ0n) is 21.9. The Morgan fingerprint density at radius 3 is 2.74 bits per heavy atom. The molecule has 3 aromatic heterocycles. The molecule has 4 heterocycles. The topological polar surface area (TPSA) is 113 Å². The van der Waals surface area contributed by atoms with E-state index in [1.54, 1.807) is 15.8 Å². The monoisotopic (exact) mass is 526 g/mol. The van der Waals surface area contributed by atoms with Crippen molar-refractivity contribution >= 4 is 28.5 Å². The Morgan fingerprint density at radius 1 is 1.21 bits per heavy atom. The summed E-state index contributed by atoms with van der Waals surface area (Å²) in [6.07, 6.45) is 15.6. The second kappa shape index (κ2) is 10.0. The molecule has 1 N–H and O–H groups in total. The second-order valence-electron chi connectivity index (χ2n) is 10.2. The average molecular weight is 527 g/mol. The van der Waals surface area contributed by atoms with Gasteiger partial charge in [0.1, 0.15) is 5.75 Å². The molecule has 39 heavy (non-hydrogen) atoms. The number of hydrogen-bond acceptors (Lipinski definition) is 6. The zero-order chi connectivity index (χ0) is 27.1. The highest BCUT2D eigenvalue weighted by molar-refractivity contribution is 6.45. The van der Waals surface area contributed by atoms with Crippen LogP contribution in [0.15, 0.2) is 60.7 Å². The number of hydrogen-bond donors (Lipinski definition) is 1. The number of pyridine rings is 1. The molecule has 3 aromatic rings. The molecule has 1 saturated carbocycles. The van der Waals surface area contributed by atoms with Gasteiger partial charge in [0.05, 0.1) is 42.0 Å². The maximum atomic E-state index is 13.5. The number of allylic oxidation sites excluding steroid dienone is 3. The van der Waals surface area contributed by atoms with E-state index in [1.807, 2.05) is 30.5 Å². The minimum Gasteiger partial charge on any atom is -0.494 e. The number of H-pyrrole nitrogens is 1. The van der Waals surface area contributed by atoms with Gasteiger partial charge >= 0.3 is 0 Å². The molecule has 0 atom stereocenters. The van der Waals surface area contributed by atoms with E-state index < -0.39 is 11.7 Å². The van der Waals surface area contributed by atoms with Crippen molar-refractivity contribution in [1.29, 1.82) is 0 Å². The Hall–Kier alpha value is -4.47. The first kappa shape index (κ1) is 24.8. The smallest absolute Gasteiger partial charge is 0.295 e. The van der Waals surface area contributed by atoms with E-state index in [0.29, 0.717) is 40.5 Å². The largest absolute Gasteiger partial charge is 0.494 e. The highest BCUT2D eigenvalue weighted by Crippen LogP contribution is 2.36. The number of piperazine rings is 1. The molecule has 2 fully saturated rings. The lowest BCUT2D eigenvalue weighted by molar-refractivity contribution is -0.132. The third-order valence-corrected chi connectivity index (χ3v) is 7.83. The van der Waals surface area contributed by atoms with E-state index in [9.17, 15) is 14.4 Å². The number of nitrogens with one attached hydrogen (secondary N) is 1. The summed E-state index contributed by atoms with van der Waals surface area (Å²) in [5.74, 6) is -0.0402. The normalized spacial score (nSPS) is 17.8. The van der Waals surface area contributed by atoms with E-state index in [4.69, 9.17) is 9.84 Å². The third kappa shape index (κ3) is 4.35. The van der Waals surface area contributed by atoms with E-state index in [1.165, 1.54) is 24.6 Å². The van der Waals surface area contributed by atoms with Gasteiger partial charge in [0.2, 0.25) is 0 Å². The van der Waals surface area contributed by atoms with Crippen LogP contribution in [0.5, 0.6) is 5.75 Å². The SMILES string of the molecule is C=C1CN(C(=O)C(=O)c2c[nH]c3c(-n4ccc(C5CCC5)n4)ncc(OC)c23)CCN1C(=O)C1=CC=CCC1. The highest BCUT2D eigenvalue weighted by Gasteiger charge is 2.33. The number of carbonyl (C=O) groups excluding carboxylic acids is 3. The Bertz CT molecular complexity index is 1560. The summed E-state index contributed by atoms with van der Waals surface area (Å²) < 4.78 is 7.21. The molecule has 3 aliphatic rings. The molecule has 0 bridgehead atoms. The number of rotatable bonds is 6. The molecule has 0 spiro atoms. The molecule has 1 saturated heterocycles. The van der Waals surface area contributed by atoms with E-state index in [2.05, 4.69) is 16.5 Å². The summed E-state index contributed by atoms with van der Waals surface area (Å²) in [5.41, 5.74) is 3.00. The third-order valence-electron chi connectivity index (χ3n) is 7.83. The van der Waals surface area contributed by atoms with Crippen LogP contribution in [0.2, 0.25) is 0 Å². The minimum atomic E-state index is -0.667. The summed E-state index contributed by atoms with van der Waals surface area (Å²) >= 11 is 0. The van der Waals surface area contributed by atoms with Crippen molar-refractivity contribution in [2.45, 2.75) is 38.0 Å². The van der Waals surface area contributed by atoms with Gasteiger partial charge in [0.15, 0.2) is 5.82 Å². The fourth-order valence-corrected chi connectivity index (χ4v) is 5.38. The quantitative estimate of drug-likeness (QED) is 0.387. The number of nitrogens with zero attached hydrogens (tertiary/aromatic N) is 5. The van der Waals surface area contributed by atoms with E-state index >= 15 is 0 Å². The van der Waals surface area contributed by atoms with Crippen LogP contribution in [0.4, 0.5) is 0 Å². The molecule has 0 aromatic carbocycles. The molecular formula is C29H30N6O4. The summed E-state index contributed by atoms with van der Waals surface area (Å²) in [6.45, 7) is 4.65. The predicted molar refractivity (Wildman–Crippen MR) is 145 cm³/mol. The Morgan fingerprint density at radius 2 is 2.05 bits per heavy atom. The molecule has 10 heteroatoms. The molecular weight excluding hydrogens is 496 g/mol. The van der Waals surface area contributed by atoms with Gasteiger partial charge in [-0.1, -0.05) is 31.2 Å². The van der Waals surface area contributed by atoms with Crippen LogP contribution in [-0.2, 0) is 9.59 Å². The minimum absolute atomic E-state index is 0.0942. The number of methoxy groups -OCH3 is 1. The fraction of sp³-hybridized carbons (Fsp3) is 0.345. The molecule has 10 nitrogen and oxygen atoms in total. The number of amides is 2. The van der Waals surface area contributed by atoms with E-state index in [-0.39, 0.29) is 31.1 Å². The van der Waals surface area contributed by atoms with Crippen molar-refractivity contribution in [2.75, 3.05) is 26.7 Å². The van der Waals surface area contributed by atoms with Gasteiger partial charge in [-0.3, -0.25) is 14.4 Å². The molecule has 2 aliphatic carbocycles. The maximum Gasteiger partial charge on any atom is 0.295 e. The van der Waals surface area contributed by atoms with Crippen LogP contribution in [0.1, 0.15) is 54.1 Å². The molecule has 200 valence electrons. The molecule has 0 radical (unpaired) electrons. The fourth-order valence-electron chi connectivity index (χ4n) is 5.38. The molecule has 1 aliphatic heterocycles. The number of Topliss-reactive ketones (excluding diaryl/α,β-unsaturated/α-hetero) is 1. The number of aromatic amines is 1. The Balaban J connectivity index is 1.24. The van der Waals surface area contributed by atoms with Crippen LogP contribution in [0, 0.1) is 0 Å². The lowest BCUT2D eigenvalue weighted by Gasteiger charge is -2.36. The van der Waals surface area contributed by atoms with Crippen molar-refractivity contribution in [2.24, 2.45) is 0 Å². The second-order valence-corrected chi connectivity index (χ2v) is 10.2. The maximum absolute atomic E-state index is 13.5. The van der Waals surface area contributed by atoms with Crippen LogP contribution in [0.3, 0.4) is 0 Å². The number of ether oxygens (including phenoxy) is 1. The number of aromatic nitrogens is 4. The summed E-state index contributed by atoms with van der Waals surface area (Å²) in [6, 6.07) is 2.00. The average Bonchev–Trinajstić information content (AvgIpc) is 3.59. The summed E-state index contributed by atoms with van der Waals surface area (Å²) in [5, 5.41) is 5.20. The van der Waals surface area contributed by atoms with Crippen molar-refractivity contribution in [3.63, 3.8) is 0 Å². The molecule has 0 unspecified atom stereocenters. The van der Waals surface area contributed by atoms with Gasteiger partial charge in [-0.05, 0) is 31.7 Å². The van der Waals surface area contributed by atoms with Gasteiger partial charge < -0.3 is 19.5 Å². The number of carbonyl (C=O) groups is 3. The number of fused-ring (bicyclic) bond motifs is 1. The molecule has 6 rings (SSSR count). The Labute approximate surface area is 225 Å². The summed E-state index contributed by atoms with van der Waals surface area (Å²) in [4.78, 5) is 50.5. The highest BCUT2D eigenvalue weighted by atomic mass is 16.5. The van der Waals surface area contributed by atoms with Crippen molar-refractivity contribution in [1.82, 2.24) is 29.5 Å². The van der Waals surface area contributed by atoms with Gasteiger partial charge in [-0.25, -0.2) is 9.67 Å². The standard InChI is InChI=1S/C29H30N6O4/c1-18-17-33(13-14-34(18)28(37)20-7-4-3-5-8-20)29(38)26(36)21-15-30-25-24(21)23(39-2)16-31-27(25)35-12-11-22(32-35)19-9-6-10-19/h3-4,7,11-12,15-16,19,30H,1,5-6,8-10,13-14,17H2,2H3. The molecule has 2 amide bonds. The lowest BCUT2D eigenvalue weighted by Crippen LogP contribution is -2.50. The van der Waals surface area contributed by atoms with E-state index in [0.717, 1.165) is 30.5 Å². The van der Waals surface area contributed by atoms with Crippen LogP contribution in [0.25, 0.3) is 16.7 Å². The van der Waals surface area contributed by atoms with Gasteiger partial charge in [0.25, 0.3) is 17.6 Å². The Kier molecular flexibility index (Phi) is 6.38. The predicted octanol–water partition coefficient (Wildman–Crippen LogP) is 3.67. The lowest BCUT2D eigenvalue weighted by atomic mass is 9.83. The van der Waals surface area contributed by atoms with Crippen LogP contribution < -0.4 is 4.74 Å². The van der Waals surface area contributed by atoms with Crippen LogP contribution in [-0.4, -0.2) is 73.9 Å². The van der Waals surface area contributed by atoms with Crippen LogP contribution >= 0.6 is 0 Å². The van der Waals surface area contributed by atoms with Crippen molar-refractivity contribution < 1.29 is 19.1 Å². The first-order valence-electron chi connectivity index (χ1n) is 13.2. The van der Waals surface area contributed by atoms with Gasteiger partial charge in [-0.2, -0.15) is 5.10 Å². The summed E-state index contributed by atoms with van der Waals surface area (Å²) in [7, 11) is 1.50. The van der Waals surface area contributed by atoms with Crippen molar-refractivity contribution in [3.8, 4) is 11.6 Å². The number of ketones is 1.